The number of rotatable bonds is 7. The maximum absolute atomic E-state index is 13.5. The summed E-state index contributed by atoms with van der Waals surface area (Å²) in [5, 5.41) is 3.44. The smallest absolute Gasteiger partial charge is 0.124 e. The van der Waals surface area contributed by atoms with Gasteiger partial charge in [-0.2, -0.15) is 0 Å². The third-order valence-electron chi connectivity index (χ3n) is 3.92. The van der Waals surface area contributed by atoms with Gasteiger partial charge in [0.25, 0.3) is 0 Å². The first-order valence-electron chi connectivity index (χ1n) is 7.57. The Bertz CT molecular complexity index is 424. The second-order valence-electron chi connectivity index (χ2n) is 5.59. The van der Waals surface area contributed by atoms with Crippen molar-refractivity contribution in [2.24, 2.45) is 0 Å². The predicted molar refractivity (Wildman–Crippen MR) is 86.9 cm³/mol. The summed E-state index contributed by atoms with van der Waals surface area (Å²) in [7, 11) is 1.72. The molecule has 1 aromatic carbocycles. The van der Waals surface area contributed by atoms with Crippen LogP contribution in [-0.2, 0) is 11.3 Å². The summed E-state index contributed by atoms with van der Waals surface area (Å²) in [6, 6.07) is 5.67. The molecule has 0 amide bonds. The number of hydrogen-bond acceptors (Lipinski definition) is 3. The van der Waals surface area contributed by atoms with Gasteiger partial charge in [0.1, 0.15) is 5.82 Å². The first-order valence-corrected chi connectivity index (χ1v) is 8.37. The summed E-state index contributed by atoms with van der Waals surface area (Å²) in [5.74, 6) is -0.175. The average Bonchev–Trinajstić information content (AvgIpc) is 2.44. The highest BCUT2D eigenvalue weighted by atomic mass is 79.9. The van der Waals surface area contributed by atoms with Gasteiger partial charge in [0.05, 0.1) is 6.61 Å². The molecule has 1 unspecified atom stereocenters. The Morgan fingerprint density at radius 2 is 2.24 bits per heavy atom. The number of piperidine rings is 1. The second-order valence-corrected chi connectivity index (χ2v) is 6.51. The lowest BCUT2D eigenvalue weighted by atomic mass is 10.0. The molecule has 0 saturated carbocycles. The molecule has 3 nitrogen and oxygen atoms in total. The van der Waals surface area contributed by atoms with Gasteiger partial charge in [-0.05, 0) is 43.1 Å². The van der Waals surface area contributed by atoms with Crippen molar-refractivity contribution in [1.82, 2.24) is 10.2 Å². The normalized spacial score (nSPS) is 19.9. The van der Waals surface area contributed by atoms with E-state index in [4.69, 9.17) is 4.74 Å². The highest BCUT2D eigenvalue weighted by Crippen LogP contribution is 2.21. The van der Waals surface area contributed by atoms with E-state index in [9.17, 15) is 4.39 Å². The van der Waals surface area contributed by atoms with Crippen LogP contribution in [0.2, 0.25) is 0 Å². The molecule has 1 fully saturated rings. The van der Waals surface area contributed by atoms with E-state index >= 15 is 0 Å². The first kappa shape index (κ1) is 16.9. The molecule has 1 aliphatic heterocycles. The van der Waals surface area contributed by atoms with Crippen molar-refractivity contribution < 1.29 is 9.13 Å². The zero-order chi connectivity index (χ0) is 15.1. The van der Waals surface area contributed by atoms with E-state index in [1.54, 1.807) is 13.2 Å². The van der Waals surface area contributed by atoms with Gasteiger partial charge in [-0.15, -0.1) is 0 Å². The lowest BCUT2D eigenvalue weighted by Gasteiger charge is -2.36. The molecule has 1 saturated heterocycles. The molecular weight excluding hydrogens is 335 g/mol. The number of nitrogens with zero attached hydrogens (tertiary/aromatic N) is 1. The Morgan fingerprint density at radius 1 is 1.38 bits per heavy atom. The highest BCUT2D eigenvalue weighted by Gasteiger charge is 2.22. The topological polar surface area (TPSA) is 24.5 Å². The van der Waals surface area contributed by atoms with Gasteiger partial charge in [-0.25, -0.2) is 4.39 Å². The number of halogens is 2. The van der Waals surface area contributed by atoms with Crippen LogP contribution in [0.3, 0.4) is 0 Å². The van der Waals surface area contributed by atoms with E-state index in [1.165, 1.54) is 25.3 Å². The Balaban J connectivity index is 1.91. The first-order chi connectivity index (χ1) is 10.2. The molecule has 1 aliphatic rings. The summed E-state index contributed by atoms with van der Waals surface area (Å²) < 4.78 is 19.4. The Kier molecular flexibility index (Phi) is 7.10. The van der Waals surface area contributed by atoms with Gasteiger partial charge in [-0.3, -0.25) is 4.90 Å². The molecule has 21 heavy (non-hydrogen) atoms. The van der Waals surface area contributed by atoms with Crippen molar-refractivity contribution in [3.8, 4) is 0 Å². The van der Waals surface area contributed by atoms with Crippen LogP contribution in [0, 0.1) is 5.82 Å². The maximum Gasteiger partial charge on any atom is 0.124 e. The molecule has 0 aliphatic carbocycles. The van der Waals surface area contributed by atoms with Crippen LogP contribution in [0.5, 0.6) is 0 Å². The minimum atomic E-state index is -0.175. The standard InChI is InChI=1S/C16H24BrFN2O/c1-21-7-5-19-11-16-4-2-3-6-20(16)12-13-8-14(17)10-15(18)9-13/h8-10,16,19H,2-7,11-12H2,1H3. The quantitative estimate of drug-likeness (QED) is 0.757. The van der Waals surface area contributed by atoms with Crippen molar-refractivity contribution in [3.05, 3.63) is 34.1 Å². The zero-order valence-corrected chi connectivity index (χ0v) is 14.2. The van der Waals surface area contributed by atoms with Gasteiger partial charge in [0.15, 0.2) is 0 Å². The van der Waals surface area contributed by atoms with Crippen LogP contribution in [-0.4, -0.2) is 44.3 Å². The number of nitrogens with one attached hydrogen (secondary N) is 1. The van der Waals surface area contributed by atoms with E-state index < -0.39 is 0 Å². The van der Waals surface area contributed by atoms with Gasteiger partial charge < -0.3 is 10.1 Å². The van der Waals surface area contributed by atoms with Gasteiger partial charge in [0.2, 0.25) is 0 Å². The second kappa shape index (κ2) is 8.83. The van der Waals surface area contributed by atoms with Gasteiger partial charge in [0, 0.05) is 37.3 Å². The summed E-state index contributed by atoms with van der Waals surface area (Å²) >= 11 is 3.37. The van der Waals surface area contributed by atoms with Gasteiger partial charge >= 0.3 is 0 Å². The molecule has 118 valence electrons. The number of ether oxygens (including phenoxy) is 1. The molecule has 5 heteroatoms. The molecule has 0 bridgehead atoms. The number of hydrogen-bond donors (Lipinski definition) is 1. The van der Waals surface area contributed by atoms with Gasteiger partial charge in [-0.1, -0.05) is 22.4 Å². The maximum atomic E-state index is 13.5. The molecule has 1 atom stereocenters. The molecule has 0 radical (unpaired) electrons. The van der Waals surface area contributed by atoms with Crippen LogP contribution in [0.1, 0.15) is 24.8 Å². The number of methoxy groups -OCH3 is 1. The monoisotopic (exact) mass is 358 g/mol. The van der Waals surface area contributed by atoms with Crippen LogP contribution >= 0.6 is 15.9 Å². The Hall–Kier alpha value is -0.490. The van der Waals surface area contributed by atoms with Crippen molar-refractivity contribution in [2.75, 3.05) is 33.4 Å². The van der Waals surface area contributed by atoms with E-state index in [0.29, 0.717) is 6.04 Å². The fourth-order valence-corrected chi connectivity index (χ4v) is 3.39. The summed E-state index contributed by atoms with van der Waals surface area (Å²) in [4.78, 5) is 2.46. The van der Waals surface area contributed by atoms with Crippen LogP contribution in [0.25, 0.3) is 0 Å². The fraction of sp³-hybridized carbons (Fsp3) is 0.625. The third kappa shape index (κ3) is 5.66. The molecule has 0 aromatic heterocycles. The Labute approximate surface area is 135 Å². The Morgan fingerprint density at radius 3 is 3.00 bits per heavy atom. The SMILES string of the molecule is COCCNCC1CCCCN1Cc1cc(F)cc(Br)c1. The van der Waals surface area contributed by atoms with Crippen molar-refractivity contribution in [3.63, 3.8) is 0 Å². The summed E-state index contributed by atoms with van der Waals surface area (Å²) in [6.07, 6.45) is 3.71. The summed E-state index contributed by atoms with van der Waals surface area (Å²) in [5.41, 5.74) is 1.03. The summed E-state index contributed by atoms with van der Waals surface area (Å²) in [6.45, 7) is 4.49. The number of benzene rings is 1. The minimum Gasteiger partial charge on any atom is -0.383 e. The lowest BCUT2D eigenvalue weighted by Crippen LogP contribution is -2.45. The molecule has 1 aromatic rings. The highest BCUT2D eigenvalue weighted by molar-refractivity contribution is 9.10. The van der Waals surface area contributed by atoms with E-state index in [2.05, 4.69) is 26.1 Å². The largest absolute Gasteiger partial charge is 0.383 e. The average molecular weight is 359 g/mol. The molecule has 0 spiro atoms. The molecule has 1 heterocycles. The van der Waals surface area contributed by atoms with E-state index in [1.807, 2.05) is 6.07 Å². The zero-order valence-electron chi connectivity index (χ0n) is 12.6. The van der Waals surface area contributed by atoms with E-state index in [-0.39, 0.29) is 5.82 Å². The van der Waals surface area contributed by atoms with E-state index in [0.717, 1.165) is 42.8 Å². The predicted octanol–water partition coefficient (Wildman–Crippen LogP) is 3.18. The molecule has 2 rings (SSSR count). The lowest BCUT2D eigenvalue weighted by molar-refractivity contribution is 0.133. The minimum absolute atomic E-state index is 0.175. The van der Waals surface area contributed by atoms with Crippen molar-refractivity contribution in [2.45, 2.75) is 31.8 Å². The molecular formula is C16H24BrFN2O. The van der Waals surface area contributed by atoms with Crippen LogP contribution in [0.15, 0.2) is 22.7 Å². The van der Waals surface area contributed by atoms with Crippen molar-refractivity contribution >= 4 is 15.9 Å². The van der Waals surface area contributed by atoms with Crippen LogP contribution in [0.4, 0.5) is 4.39 Å². The van der Waals surface area contributed by atoms with Crippen LogP contribution < -0.4 is 5.32 Å². The number of likely N-dealkylation sites (tertiary alicyclic amines) is 1. The fourth-order valence-electron chi connectivity index (χ4n) is 2.88. The third-order valence-corrected chi connectivity index (χ3v) is 4.38. The molecule has 1 N–H and O–H groups in total. The van der Waals surface area contributed by atoms with Crippen molar-refractivity contribution in [1.29, 1.82) is 0 Å².